The Kier molecular flexibility index (Phi) is 3.61. The molecule has 7 heteroatoms. The number of hydrogen-bond donors (Lipinski definition) is 0. The van der Waals surface area contributed by atoms with Crippen molar-refractivity contribution in [3.63, 3.8) is 0 Å². The Balaban J connectivity index is 1.30. The van der Waals surface area contributed by atoms with Gasteiger partial charge in [0.2, 0.25) is 13.6 Å². The molecule has 0 amide bonds. The second-order valence-corrected chi connectivity index (χ2v) is 7.40. The van der Waals surface area contributed by atoms with E-state index < -0.39 is 0 Å². The first-order valence-electron chi connectivity index (χ1n) is 9.42. The van der Waals surface area contributed by atoms with Crippen molar-refractivity contribution in [1.82, 2.24) is 0 Å². The van der Waals surface area contributed by atoms with Crippen LogP contribution in [0.2, 0.25) is 0 Å². The molecule has 0 aliphatic carbocycles. The maximum atomic E-state index is 6.24. The quantitative estimate of drug-likeness (QED) is 0.805. The minimum absolute atomic E-state index is 0.0236. The Hall–Kier alpha value is -2.64. The van der Waals surface area contributed by atoms with Crippen LogP contribution in [0, 0.1) is 11.8 Å². The average molecular weight is 384 g/mol. The van der Waals surface area contributed by atoms with E-state index in [0.717, 1.165) is 34.1 Å². The van der Waals surface area contributed by atoms with Crippen LogP contribution >= 0.6 is 0 Å². The standard InChI is InChI=1S/C21H20O7/c1-22-16-6-19-18(27-10-28-19)5-12(16)21-14-8-23-20(13(14)7-24-21)11-2-3-15-17(4-11)26-9-25-15/h2-6,13-14,20-21H,7-10H2,1H3/t13-,14-,20+,21+/m0/s1. The number of ether oxygens (including phenoxy) is 7. The highest BCUT2D eigenvalue weighted by atomic mass is 16.7. The summed E-state index contributed by atoms with van der Waals surface area (Å²) in [7, 11) is 1.66. The van der Waals surface area contributed by atoms with Gasteiger partial charge in [-0.1, -0.05) is 6.07 Å². The molecule has 0 N–H and O–H groups in total. The monoisotopic (exact) mass is 384 g/mol. The summed E-state index contributed by atoms with van der Waals surface area (Å²) in [5.74, 6) is 4.25. The first-order valence-corrected chi connectivity index (χ1v) is 9.42. The van der Waals surface area contributed by atoms with Crippen molar-refractivity contribution < 1.29 is 33.2 Å². The number of methoxy groups -OCH3 is 1. The minimum Gasteiger partial charge on any atom is -0.496 e. The highest BCUT2D eigenvalue weighted by Crippen LogP contribution is 2.53. The van der Waals surface area contributed by atoms with Crippen molar-refractivity contribution in [3.8, 4) is 28.7 Å². The topological polar surface area (TPSA) is 64.6 Å². The van der Waals surface area contributed by atoms with Gasteiger partial charge in [0.25, 0.3) is 0 Å². The Morgan fingerprint density at radius 3 is 2.18 bits per heavy atom. The normalized spacial score (nSPS) is 29.2. The molecule has 0 spiro atoms. The maximum Gasteiger partial charge on any atom is 0.231 e. The molecule has 0 aromatic heterocycles. The third kappa shape index (κ3) is 2.36. The number of fused-ring (bicyclic) bond motifs is 3. The molecule has 4 aliphatic heterocycles. The lowest BCUT2D eigenvalue weighted by atomic mass is 9.84. The predicted octanol–water partition coefficient (Wildman–Crippen LogP) is 3.23. The first kappa shape index (κ1) is 16.3. The van der Waals surface area contributed by atoms with E-state index in [1.165, 1.54) is 0 Å². The van der Waals surface area contributed by atoms with Crippen LogP contribution in [0.3, 0.4) is 0 Å². The third-order valence-electron chi connectivity index (χ3n) is 6.02. The summed E-state index contributed by atoms with van der Waals surface area (Å²) in [6.07, 6.45) is -0.127. The van der Waals surface area contributed by atoms with Crippen LogP contribution in [0.4, 0.5) is 0 Å². The smallest absolute Gasteiger partial charge is 0.231 e. The fourth-order valence-electron chi connectivity index (χ4n) is 4.64. The van der Waals surface area contributed by atoms with Crippen molar-refractivity contribution in [2.75, 3.05) is 33.9 Å². The van der Waals surface area contributed by atoms with Crippen LogP contribution in [0.1, 0.15) is 23.3 Å². The van der Waals surface area contributed by atoms with E-state index in [0.29, 0.717) is 19.0 Å². The van der Waals surface area contributed by atoms with Gasteiger partial charge in [-0.15, -0.1) is 0 Å². The van der Waals surface area contributed by atoms with Gasteiger partial charge in [0.15, 0.2) is 23.0 Å². The van der Waals surface area contributed by atoms with Crippen molar-refractivity contribution >= 4 is 0 Å². The zero-order valence-electron chi connectivity index (χ0n) is 15.4. The Labute approximate surface area is 162 Å². The van der Waals surface area contributed by atoms with Gasteiger partial charge in [-0.25, -0.2) is 0 Å². The molecule has 2 saturated heterocycles. The Morgan fingerprint density at radius 1 is 0.750 bits per heavy atom. The highest BCUT2D eigenvalue weighted by molar-refractivity contribution is 5.53. The summed E-state index contributed by atoms with van der Waals surface area (Å²) in [6.45, 7) is 1.76. The van der Waals surface area contributed by atoms with Gasteiger partial charge in [0.1, 0.15) is 5.75 Å². The molecule has 4 atom stereocenters. The van der Waals surface area contributed by atoms with Crippen LogP contribution in [0.5, 0.6) is 28.7 Å². The number of rotatable bonds is 3. The van der Waals surface area contributed by atoms with E-state index in [-0.39, 0.29) is 37.6 Å². The zero-order chi connectivity index (χ0) is 18.7. The summed E-state index contributed by atoms with van der Waals surface area (Å²) < 4.78 is 40.0. The van der Waals surface area contributed by atoms with Crippen LogP contribution in [-0.4, -0.2) is 33.9 Å². The lowest BCUT2D eigenvalue weighted by Crippen LogP contribution is -2.15. The lowest BCUT2D eigenvalue weighted by Gasteiger charge is -2.19. The van der Waals surface area contributed by atoms with E-state index in [9.17, 15) is 0 Å². The van der Waals surface area contributed by atoms with Gasteiger partial charge in [0, 0.05) is 23.5 Å². The predicted molar refractivity (Wildman–Crippen MR) is 96.0 cm³/mol. The molecular formula is C21H20O7. The van der Waals surface area contributed by atoms with Crippen LogP contribution in [0.15, 0.2) is 30.3 Å². The van der Waals surface area contributed by atoms with Crippen LogP contribution in [-0.2, 0) is 9.47 Å². The highest BCUT2D eigenvalue weighted by Gasteiger charge is 2.49. The van der Waals surface area contributed by atoms with Crippen molar-refractivity contribution in [2.24, 2.45) is 11.8 Å². The van der Waals surface area contributed by atoms with E-state index in [1.54, 1.807) is 7.11 Å². The second kappa shape index (κ2) is 6.18. The molecule has 4 aliphatic rings. The van der Waals surface area contributed by atoms with Crippen LogP contribution < -0.4 is 23.7 Å². The van der Waals surface area contributed by atoms with Gasteiger partial charge in [0.05, 0.1) is 32.5 Å². The van der Waals surface area contributed by atoms with E-state index in [2.05, 4.69) is 6.07 Å². The van der Waals surface area contributed by atoms with Gasteiger partial charge < -0.3 is 33.2 Å². The summed E-state index contributed by atoms with van der Waals surface area (Å²) in [4.78, 5) is 0. The third-order valence-corrected chi connectivity index (χ3v) is 6.02. The van der Waals surface area contributed by atoms with Crippen molar-refractivity contribution in [2.45, 2.75) is 12.2 Å². The van der Waals surface area contributed by atoms with Gasteiger partial charge in [-0.05, 0) is 23.8 Å². The molecular weight excluding hydrogens is 364 g/mol. The molecule has 2 fully saturated rings. The zero-order valence-corrected chi connectivity index (χ0v) is 15.4. The van der Waals surface area contributed by atoms with Gasteiger partial charge in [-0.2, -0.15) is 0 Å². The summed E-state index contributed by atoms with van der Waals surface area (Å²) >= 11 is 0. The summed E-state index contributed by atoms with van der Waals surface area (Å²) in [6, 6.07) is 9.86. The molecule has 2 aromatic carbocycles. The lowest BCUT2D eigenvalue weighted by molar-refractivity contribution is 0.0184. The van der Waals surface area contributed by atoms with E-state index in [4.69, 9.17) is 33.2 Å². The van der Waals surface area contributed by atoms with Crippen LogP contribution in [0.25, 0.3) is 0 Å². The molecule has 0 radical (unpaired) electrons. The molecule has 6 rings (SSSR count). The summed E-state index contributed by atoms with van der Waals surface area (Å²) in [5.41, 5.74) is 2.08. The molecule has 0 unspecified atom stereocenters. The molecule has 146 valence electrons. The largest absolute Gasteiger partial charge is 0.496 e. The Bertz CT molecular complexity index is 927. The van der Waals surface area contributed by atoms with Crippen molar-refractivity contribution in [3.05, 3.63) is 41.5 Å². The molecule has 2 aromatic rings. The minimum atomic E-state index is -0.103. The van der Waals surface area contributed by atoms with Gasteiger partial charge in [-0.3, -0.25) is 0 Å². The number of hydrogen-bond acceptors (Lipinski definition) is 7. The maximum absolute atomic E-state index is 6.24. The average Bonchev–Trinajstić information content (AvgIpc) is 3.49. The fourth-order valence-corrected chi connectivity index (χ4v) is 4.64. The summed E-state index contributed by atoms with van der Waals surface area (Å²) in [5, 5.41) is 0. The SMILES string of the molecule is COc1cc2c(cc1[C@H]1OC[C@H]3[C@@H]1CO[C@@H]3c1ccc3c(c1)OCO3)OCO2. The van der Waals surface area contributed by atoms with E-state index in [1.807, 2.05) is 24.3 Å². The molecule has 0 saturated carbocycles. The second-order valence-electron chi connectivity index (χ2n) is 7.40. The fraction of sp³-hybridized carbons (Fsp3) is 0.429. The Morgan fingerprint density at radius 2 is 1.39 bits per heavy atom. The first-order chi connectivity index (χ1) is 13.8. The number of benzene rings is 2. The molecule has 7 nitrogen and oxygen atoms in total. The molecule has 4 heterocycles. The molecule has 0 bridgehead atoms. The van der Waals surface area contributed by atoms with E-state index >= 15 is 0 Å². The van der Waals surface area contributed by atoms with Gasteiger partial charge >= 0.3 is 0 Å². The molecule has 28 heavy (non-hydrogen) atoms. The van der Waals surface area contributed by atoms with Crippen molar-refractivity contribution in [1.29, 1.82) is 0 Å².